The summed E-state index contributed by atoms with van der Waals surface area (Å²) in [7, 11) is 0. The topological polar surface area (TPSA) is 78.3 Å². The van der Waals surface area contributed by atoms with Gasteiger partial charge in [0, 0.05) is 11.5 Å². The zero-order valence-corrected chi connectivity index (χ0v) is 10.1. The molecule has 0 aliphatic heterocycles. The molecule has 0 saturated heterocycles. The highest BCUT2D eigenvalue weighted by atomic mass is 19.1. The molecule has 1 aliphatic carbocycles. The van der Waals surface area contributed by atoms with Crippen LogP contribution in [0.1, 0.15) is 29.6 Å². The number of halogens is 1. The Balaban J connectivity index is 2.12. The molecule has 2 atom stereocenters. The molecule has 1 aromatic rings. The zero-order valence-electron chi connectivity index (χ0n) is 10.1. The lowest BCUT2D eigenvalue weighted by Crippen LogP contribution is -2.28. The van der Waals surface area contributed by atoms with E-state index in [0.717, 1.165) is 25.3 Å². The SMILES string of the molecule is NCC1CCCC1Oc1ccc(C(N)=O)cc1F. The van der Waals surface area contributed by atoms with Gasteiger partial charge in [-0.25, -0.2) is 4.39 Å². The van der Waals surface area contributed by atoms with Crippen LogP contribution in [-0.4, -0.2) is 18.6 Å². The molecule has 2 unspecified atom stereocenters. The van der Waals surface area contributed by atoms with Gasteiger partial charge in [-0.05, 0) is 44.0 Å². The average Bonchev–Trinajstić information content (AvgIpc) is 2.78. The molecule has 0 aromatic heterocycles. The van der Waals surface area contributed by atoms with E-state index in [0.29, 0.717) is 6.54 Å². The minimum atomic E-state index is -0.652. The molecule has 5 heteroatoms. The van der Waals surface area contributed by atoms with E-state index in [2.05, 4.69) is 0 Å². The Hall–Kier alpha value is -1.62. The number of amides is 1. The van der Waals surface area contributed by atoms with E-state index in [1.54, 1.807) is 0 Å². The lowest BCUT2D eigenvalue weighted by atomic mass is 10.1. The number of hydrogen-bond acceptors (Lipinski definition) is 3. The minimum absolute atomic E-state index is 0.0380. The van der Waals surface area contributed by atoms with Crippen LogP contribution >= 0.6 is 0 Å². The maximum absolute atomic E-state index is 13.7. The molecule has 0 heterocycles. The van der Waals surface area contributed by atoms with Gasteiger partial charge in [-0.1, -0.05) is 0 Å². The highest BCUT2D eigenvalue weighted by Gasteiger charge is 2.28. The molecular weight excluding hydrogens is 235 g/mol. The van der Waals surface area contributed by atoms with Crippen molar-refractivity contribution in [3.63, 3.8) is 0 Å². The van der Waals surface area contributed by atoms with E-state index >= 15 is 0 Å². The van der Waals surface area contributed by atoms with Crippen LogP contribution in [0.15, 0.2) is 18.2 Å². The zero-order chi connectivity index (χ0) is 13.1. The highest BCUT2D eigenvalue weighted by Crippen LogP contribution is 2.30. The molecule has 0 radical (unpaired) electrons. The fourth-order valence-corrected chi connectivity index (χ4v) is 2.34. The van der Waals surface area contributed by atoms with Crippen molar-refractivity contribution in [2.24, 2.45) is 17.4 Å². The van der Waals surface area contributed by atoms with Crippen LogP contribution < -0.4 is 16.2 Å². The van der Waals surface area contributed by atoms with E-state index in [-0.39, 0.29) is 23.3 Å². The van der Waals surface area contributed by atoms with Gasteiger partial charge in [0.2, 0.25) is 5.91 Å². The van der Waals surface area contributed by atoms with Crippen LogP contribution in [0.25, 0.3) is 0 Å². The molecule has 4 nitrogen and oxygen atoms in total. The number of hydrogen-bond donors (Lipinski definition) is 2. The van der Waals surface area contributed by atoms with Crippen molar-refractivity contribution < 1.29 is 13.9 Å². The summed E-state index contributed by atoms with van der Waals surface area (Å²) in [4.78, 5) is 10.9. The van der Waals surface area contributed by atoms with Gasteiger partial charge in [-0.15, -0.1) is 0 Å². The van der Waals surface area contributed by atoms with Crippen molar-refractivity contribution in [2.75, 3.05) is 6.54 Å². The predicted molar refractivity (Wildman–Crippen MR) is 65.7 cm³/mol. The van der Waals surface area contributed by atoms with Crippen LogP contribution in [0.3, 0.4) is 0 Å². The lowest BCUT2D eigenvalue weighted by Gasteiger charge is -2.20. The molecule has 1 aromatic carbocycles. The number of carbonyl (C=O) groups is 1. The first-order chi connectivity index (χ1) is 8.61. The number of primary amides is 1. The monoisotopic (exact) mass is 252 g/mol. The van der Waals surface area contributed by atoms with E-state index in [1.165, 1.54) is 12.1 Å². The van der Waals surface area contributed by atoms with Crippen LogP contribution in [0, 0.1) is 11.7 Å². The second-order valence-corrected chi connectivity index (χ2v) is 4.59. The van der Waals surface area contributed by atoms with Crippen LogP contribution in [-0.2, 0) is 0 Å². The summed E-state index contributed by atoms with van der Waals surface area (Å²) in [6.45, 7) is 0.547. The maximum atomic E-state index is 13.7. The third-order valence-corrected chi connectivity index (χ3v) is 3.39. The third kappa shape index (κ3) is 2.61. The lowest BCUT2D eigenvalue weighted by molar-refractivity contribution is 0.0999. The Labute approximate surface area is 105 Å². The summed E-state index contributed by atoms with van der Waals surface area (Å²) in [5, 5.41) is 0. The van der Waals surface area contributed by atoms with Gasteiger partial charge >= 0.3 is 0 Å². The number of nitrogens with two attached hydrogens (primary N) is 2. The first-order valence-electron chi connectivity index (χ1n) is 6.08. The molecular formula is C13H17FN2O2. The predicted octanol–water partition coefficient (Wildman–Crippen LogP) is 1.43. The van der Waals surface area contributed by atoms with Crippen molar-refractivity contribution in [2.45, 2.75) is 25.4 Å². The largest absolute Gasteiger partial charge is 0.487 e. The Kier molecular flexibility index (Phi) is 3.81. The molecule has 18 heavy (non-hydrogen) atoms. The molecule has 98 valence electrons. The maximum Gasteiger partial charge on any atom is 0.248 e. The van der Waals surface area contributed by atoms with Gasteiger partial charge in [0.05, 0.1) is 0 Å². The Morgan fingerprint density at radius 2 is 2.22 bits per heavy atom. The standard InChI is InChI=1S/C13H17FN2O2/c14-10-6-8(13(16)17)4-5-12(10)18-11-3-1-2-9(11)7-15/h4-6,9,11H,1-3,7,15H2,(H2,16,17). The average molecular weight is 252 g/mol. The molecule has 2 rings (SSSR count). The number of rotatable bonds is 4. The molecule has 4 N–H and O–H groups in total. The summed E-state index contributed by atoms with van der Waals surface area (Å²) in [5.74, 6) is -0.777. The van der Waals surface area contributed by atoms with Crippen LogP contribution in [0.4, 0.5) is 4.39 Å². The van der Waals surface area contributed by atoms with Crippen molar-refractivity contribution >= 4 is 5.91 Å². The van der Waals surface area contributed by atoms with Crippen molar-refractivity contribution in [1.29, 1.82) is 0 Å². The number of carbonyl (C=O) groups excluding carboxylic acids is 1. The Morgan fingerprint density at radius 3 is 2.83 bits per heavy atom. The van der Waals surface area contributed by atoms with Gasteiger partial charge in [0.15, 0.2) is 11.6 Å². The van der Waals surface area contributed by atoms with E-state index < -0.39 is 11.7 Å². The van der Waals surface area contributed by atoms with Crippen molar-refractivity contribution in [1.82, 2.24) is 0 Å². The number of benzene rings is 1. The molecule has 0 spiro atoms. The summed E-state index contributed by atoms with van der Waals surface area (Å²) in [6, 6.07) is 4.01. The highest BCUT2D eigenvalue weighted by molar-refractivity contribution is 5.92. The van der Waals surface area contributed by atoms with E-state index in [1.807, 2.05) is 0 Å². The van der Waals surface area contributed by atoms with Crippen LogP contribution in [0.5, 0.6) is 5.75 Å². The molecule has 1 fully saturated rings. The summed E-state index contributed by atoms with van der Waals surface area (Å²) in [6.07, 6.45) is 2.91. The smallest absolute Gasteiger partial charge is 0.248 e. The summed E-state index contributed by atoms with van der Waals surface area (Å²) < 4.78 is 19.4. The second kappa shape index (κ2) is 5.35. The molecule has 0 bridgehead atoms. The molecule has 1 aliphatic rings. The van der Waals surface area contributed by atoms with Crippen molar-refractivity contribution in [3.8, 4) is 5.75 Å². The summed E-state index contributed by atoms with van der Waals surface area (Å²) >= 11 is 0. The molecule has 1 saturated carbocycles. The van der Waals surface area contributed by atoms with Gasteiger partial charge in [0.25, 0.3) is 0 Å². The van der Waals surface area contributed by atoms with Crippen LogP contribution in [0.2, 0.25) is 0 Å². The van der Waals surface area contributed by atoms with Gasteiger partial charge < -0.3 is 16.2 Å². The van der Waals surface area contributed by atoms with E-state index in [4.69, 9.17) is 16.2 Å². The van der Waals surface area contributed by atoms with Crippen molar-refractivity contribution in [3.05, 3.63) is 29.6 Å². The Bertz CT molecular complexity index is 451. The molecule has 1 amide bonds. The summed E-state index contributed by atoms with van der Waals surface area (Å²) in [5.41, 5.74) is 10.9. The first-order valence-corrected chi connectivity index (χ1v) is 6.08. The fourth-order valence-electron chi connectivity index (χ4n) is 2.34. The van der Waals surface area contributed by atoms with Gasteiger partial charge in [-0.3, -0.25) is 4.79 Å². The van der Waals surface area contributed by atoms with E-state index in [9.17, 15) is 9.18 Å². The third-order valence-electron chi connectivity index (χ3n) is 3.39. The fraction of sp³-hybridized carbons (Fsp3) is 0.462. The minimum Gasteiger partial charge on any atom is -0.487 e. The van der Waals surface area contributed by atoms with Gasteiger partial charge in [0.1, 0.15) is 6.10 Å². The Morgan fingerprint density at radius 1 is 1.44 bits per heavy atom. The van der Waals surface area contributed by atoms with Gasteiger partial charge in [-0.2, -0.15) is 0 Å². The first kappa shape index (κ1) is 12.8. The second-order valence-electron chi connectivity index (χ2n) is 4.59. The normalized spacial score (nSPS) is 23.0. The number of ether oxygens (including phenoxy) is 1. The quantitative estimate of drug-likeness (QED) is 0.850.